The number of carbonyl (C=O) groups is 2. The number of rotatable bonds is 7. The first kappa shape index (κ1) is 21.4. The molecule has 154 valence electrons. The van der Waals surface area contributed by atoms with Crippen molar-refractivity contribution < 1.29 is 18.7 Å². The van der Waals surface area contributed by atoms with Crippen LogP contribution >= 0.6 is 7.26 Å². The second kappa shape index (κ2) is 9.98. The van der Waals surface area contributed by atoms with E-state index in [1.807, 2.05) is 18.2 Å². The largest absolute Gasteiger partial charge is 0.462 e. The molecule has 3 rings (SSSR count). The Bertz CT molecular complexity index is 850. The SMILES string of the molecule is CCOC(=O)c1cccc(F)c1NC(=O)C[P+]1(Cc2ccccc2)CCCCC1. The number of hydrogen-bond acceptors (Lipinski definition) is 3. The summed E-state index contributed by atoms with van der Waals surface area (Å²) in [6.45, 7) is 1.88. The number of halogens is 1. The molecule has 0 radical (unpaired) electrons. The molecule has 0 saturated carbocycles. The van der Waals surface area contributed by atoms with E-state index >= 15 is 0 Å². The van der Waals surface area contributed by atoms with E-state index in [0.717, 1.165) is 31.3 Å². The maximum Gasteiger partial charge on any atom is 0.340 e. The van der Waals surface area contributed by atoms with E-state index in [1.54, 1.807) is 6.92 Å². The minimum atomic E-state index is -1.52. The lowest BCUT2D eigenvalue weighted by Crippen LogP contribution is -2.26. The van der Waals surface area contributed by atoms with E-state index in [2.05, 4.69) is 17.4 Å². The Labute approximate surface area is 172 Å². The van der Waals surface area contributed by atoms with Crippen LogP contribution in [0.5, 0.6) is 0 Å². The number of benzene rings is 2. The van der Waals surface area contributed by atoms with Gasteiger partial charge in [0.15, 0.2) is 0 Å². The fourth-order valence-corrected chi connectivity index (χ4v) is 8.47. The Balaban J connectivity index is 1.78. The van der Waals surface area contributed by atoms with Gasteiger partial charge in [0.25, 0.3) is 5.91 Å². The molecule has 1 saturated heterocycles. The third-order valence-corrected chi connectivity index (χ3v) is 9.90. The first-order valence-corrected chi connectivity index (χ1v) is 12.7. The molecular weight excluding hydrogens is 388 g/mol. The smallest absolute Gasteiger partial charge is 0.340 e. The van der Waals surface area contributed by atoms with Crippen molar-refractivity contribution in [2.45, 2.75) is 32.3 Å². The Hall–Kier alpha value is -2.26. The highest BCUT2D eigenvalue weighted by Gasteiger charge is 2.41. The fraction of sp³-hybridized carbons (Fsp3) is 0.391. The number of amides is 1. The average molecular weight is 416 g/mol. The molecule has 1 fully saturated rings. The molecule has 1 aliphatic heterocycles. The Morgan fingerprint density at radius 1 is 1.03 bits per heavy atom. The van der Waals surface area contributed by atoms with Gasteiger partial charge in [0.2, 0.25) is 0 Å². The van der Waals surface area contributed by atoms with Crippen LogP contribution in [0.4, 0.5) is 10.1 Å². The topological polar surface area (TPSA) is 55.4 Å². The van der Waals surface area contributed by atoms with Crippen molar-refractivity contribution >= 4 is 24.8 Å². The molecule has 0 bridgehead atoms. The van der Waals surface area contributed by atoms with Gasteiger partial charge in [-0.2, -0.15) is 0 Å². The molecule has 0 aliphatic carbocycles. The minimum Gasteiger partial charge on any atom is -0.462 e. The third-order valence-electron chi connectivity index (χ3n) is 5.38. The Morgan fingerprint density at radius 3 is 2.45 bits per heavy atom. The van der Waals surface area contributed by atoms with Crippen LogP contribution in [-0.4, -0.2) is 37.0 Å². The predicted molar refractivity (Wildman–Crippen MR) is 117 cm³/mol. The Kier molecular flexibility index (Phi) is 7.38. The summed E-state index contributed by atoms with van der Waals surface area (Å²) < 4.78 is 19.4. The van der Waals surface area contributed by atoms with Crippen LogP contribution in [0.3, 0.4) is 0 Å². The number of anilines is 1. The summed E-state index contributed by atoms with van der Waals surface area (Å²) in [4.78, 5) is 25.1. The molecule has 0 atom stereocenters. The van der Waals surface area contributed by atoms with E-state index in [4.69, 9.17) is 4.74 Å². The van der Waals surface area contributed by atoms with Crippen LogP contribution in [0.1, 0.15) is 42.1 Å². The highest BCUT2D eigenvalue weighted by molar-refractivity contribution is 7.76. The van der Waals surface area contributed by atoms with Crippen molar-refractivity contribution in [3.05, 3.63) is 65.5 Å². The van der Waals surface area contributed by atoms with Crippen molar-refractivity contribution in [2.75, 3.05) is 30.4 Å². The molecule has 1 aliphatic rings. The summed E-state index contributed by atoms with van der Waals surface area (Å²) in [5.41, 5.74) is 1.23. The minimum absolute atomic E-state index is 0.0549. The van der Waals surface area contributed by atoms with Crippen LogP contribution in [0.25, 0.3) is 0 Å². The zero-order chi connectivity index (χ0) is 20.7. The van der Waals surface area contributed by atoms with Crippen molar-refractivity contribution in [1.29, 1.82) is 0 Å². The van der Waals surface area contributed by atoms with E-state index in [9.17, 15) is 14.0 Å². The molecule has 29 heavy (non-hydrogen) atoms. The van der Waals surface area contributed by atoms with Crippen LogP contribution in [0.2, 0.25) is 0 Å². The van der Waals surface area contributed by atoms with Crippen LogP contribution in [0, 0.1) is 5.82 Å². The standard InChI is InChI=1S/C23H27FNO3P/c1-2-28-23(27)19-12-9-13-20(24)22(19)25-21(26)17-29(14-7-4-8-15-29)16-18-10-5-3-6-11-18/h3,5-6,9-13H,2,4,7-8,14-17H2,1H3/p+1. The maximum absolute atomic E-state index is 14.4. The summed E-state index contributed by atoms with van der Waals surface area (Å²) in [7, 11) is -1.52. The molecule has 4 nitrogen and oxygen atoms in total. The highest BCUT2D eigenvalue weighted by atomic mass is 31.2. The fourth-order valence-electron chi connectivity index (χ4n) is 4.04. The van der Waals surface area contributed by atoms with Gasteiger partial charge in [-0.3, -0.25) is 4.79 Å². The number of para-hydroxylation sites is 1. The summed E-state index contributed by atoms with van der Waals surface area (Å²) in [6, 6.07) is 14.5. The number of ether oxygens (including phenoxy) is 1. The molecule has 1 heterocycles. The number of nitrogens with one attached hydrogen (secondary N) is 1. The normalized spacial score (nSPS) is 15.5. The monoisotopic (exact) mass is 416 g/mol. The van der Waals surface area contributed by atoms with Gasteiger partial charge in [-0.25, -0.2) is 9.18 Å². The van der Waals surface area contributed by atoms with E-state index < -0.39 is 19.0 Å². The van der Waals surface area contributed by atoms with Crippen molar-refractivity contribution in [2.24, 2.45) is 0 Å². The number of esters is 1. The number of carbonyl (C=O) groups excluding carboxylic acids is 2. The lowest BCUT2D eigenvalue weighted by atomic mass is 10.1. The van der Waals surface area contributed by atoms with Crippen LogP contribution < -0.4 is 5.32 Å². The zero-order valence-corrected chi connectivity index (χ0v) is 17.7. The second-order valence-corrected chi connectivity index (χ2v) is 11.8. The molecule has 0 spiro atoms. The third kappa shape index (κ3) is 5.63. The van der Waals surface area contributed by atoms with Gasteiger partial charge in [-0.05, 0) is 43.9 Å². The summed E-state index contributed by atoms with van der Waals surface area (Å²) in [5, 5.41) is 2.69. The molecule has 0 aromatic heterocycles. The van der Waals surface area contributed by atoms with Crippen molar-refractivity contribution in [1.82, 2.24) is 0 Å². The first-order valence-electron chi connectivity index (χ1n) is 10.2. The molecule has 6 heteroatoms. The second-order valence-electron chi connectivity index (χ2n) is 7.58. The predicted octanol–water partition coefficient (Wildman–Crippen LogP) is 5.34. The van der Waals surface area contributed by atoms with Gasteiger partial charge in [-0.1, -0.05) is 36.4 Å². The molecule has 1 amide bonds. The van der Waals surface area contributed by atoms with Gasteiger partial charge in [0, 0.05) is 7.26 Å². The highest BCUT2D eigenvalue weighted by Crippen LogP contribution is 2.64. The van der Waals surface area contributed by atoms with Gasteiger partial charge in [0.1, 0.15) is 12.0 Å². The molecule has 0 unspecified atom stereocenters. The quantitative estimate of drug-likeness (QED) is 0.489. The van der Waals surface area contributed by atoms with E-state index in [1.165, 1.54) is 30.2 Å². The number of hydrogen-bond donors (Lipinski definition) is 1. The lowest BCUT2D eigenvalue weighted by Gasteiger charge is -2.30. The van der Waals surface area contributed by atoms with E-state index in [-0.39, 0.29) is 23.8 Å². The average Bonchev–Trinajstić information content (AvgIpc) is 2.71. The first-order chi connectivity index (χ1) is 14.0. The summed E-state index contributed by atoms with van der Waals surface area (Å²) in [5.74, 6) is -1.47. The Morgan fingerprint density at radius 2 is 1.76 bits per heavy atom. The van der Waals surface area contributed by atoms with Crippen molar-refractivity contribution in [3.8, 4) is 0 Å². The van der Waals surface area contributed by atoms with Crippen LogP contribution in [-0.2, 0) is 15.7 Å². The molecule has 2 aromatic rings. The summed E-state index contributed by atoms with van der Waals surface area (Å²) >= 11 is 0. The van der Waals surface area contributed by atoms with Gasteiger partial charge in [-0.15, -0.1) is 0 Å². The lowest BCUT2D eigenvalue weighted by molar-refractivity contribution is -0.113. The summed E-state index contributed by atoms with van der Waals surface area (Å²) in [6.07, 6.45) is 7.00. The van der Waals surface area contributed by atoms with Crippen molar-refractivity contribution in [3.63, 3.8) is 0 Å². The van der Waals surface area contributed by atoms with E-state index in [0.29, 0.717) is 6.16 Å². The van der Waals surface area contributed by atoms with Gasteiger partial charge < -0.3 is 10.1 Å². The van der Waals surface area contributed by atoms with Gasteiger partial charge >= 0.3 is 5.97 Å². The van der Waals surface area contributed by atoms with Gasteiger partial charge in [0.05, 0.1) is 36.3 Å². The zero-order valence-electron chi connectivity index (χ0n) is 16.8. The molecule has 1 N–H and O–H groups in total. The molecular formula is C23H28FNO3P+. The maximum atomic E-state index is 14.4. The molecule has 2 aromatic carbocycles. The van der Waals surface area contributed by atoms with Crippen LogP contribution in [0.15, 0.2) is 48.5 Å².